The Morgan fingerprint density at radius 3 is 2.62 bits per heavy atom. The van der Waals surface area contributed by atoms with Crippen LogP contribution in [0.3, 0.4) is 0 Å². The number of hydrogen-bond donors (Lipinski definition) is 0. The van der Waals surface area contributed by atoms with E-state index in [0.717, 1.165) is 5.56 Å². The van der Waals surface area contributed by atoms with Crippen LogP contribution in [0.15, 0.2) is 36.5 Å². The molecule has 2 aliphatic heterocycles. The second kappa shape index (κ2) is 9.92. The molecule has 7 nitrogen and oxygen atoms in total. The number of aromatic nitrogens is 2. The van der Waals surface area contributed by atoms with Gasteiger partial charge in [-0.05, 0) is 42.8 Å². The van der Waals surface area contributed by atoms with Crippen LogP contribution in [0.5, 0.6) is 17.2 Å². The summed E-state index contributed by atoms with van der Waals surface area (Å²) in [5.41, 5.74) is 0.768. The van der Waals surface area contributed by atoms with E-state index in [-0.39, 0.29) is 54.1 Å². The molecule has 0 aliphatic carbocycles. The van der Waals surface area contributed by atoms with Crippen LogP contribution in [-0.4, -0.2) is 47.5 Å². The Balaban J connectivity index is 1.63. The highest BCUT2D eigenvalue weighted by Crippen LogP contribution is 2.45. The summed E-state index contributed by atoms with van der Waals surface area (Å²) in [6.07, 6.45) is -2.75. The molecule has 0 radical (unpaired) electrons. The van der Waals surface area contributed by atoms with E-state index in [1.54, 1.807) is 37.1 Å². The molecular formula is C26H25BrF3N3O4. The smallest absolute Gasteiger partial charge is 0.435 e. The SMILES string of the molecule is CCn1cc(-c2cc(CBr)cc3c2OCCN(C2CCOc4ccc(OC)cc42)C3=O)c(C(F)(F)F)n1. The zero-order valence-corrected chi connectivity index (χ0v) is 21.9. The Bertz CT molecular complexity index is 1340. The topological polar surface area (TPSA) is 65.8 Å². The molecule has 37 heavy (non-hydrogen) atoms. The number of amides is 1. The van der Waals surface area contributed by atoms with Crippen LogP contribution in [-0.2, 0) is 18.1 Å². The summed E-state index contributed by atoms with van der Waals surface area (Å²) in [4.78, 5) is 15.7. The monoisotopic (exact) mass is 579 g/mol. The second-order valence-electron chi connectivity index (χ2n) is 8.80. The van der Waals surface area contributed by atoms with Gasteiger partial charge in [-0.3, -0.25) is 9.48 Å². The van der Waals surface area contributed by atoms with E-state index in [1.807, 2.05) is 12.1 Å². The van der Waals surface area contributed by atoms with Crippen molar-refractivity contribution < 1.29 is 32.2 Å². The quantitative estimate of drug-likeness (QED) is 0.355. The van der Waals surface area contributed by atoms with Gasteiger partial charge >= 0.3 is 6.18 Å². The summed E-state index contributed by atoms with van der Waals surface area (Å²) in [6.45, 7) is 2.80. The van der Waals surface area contributed by atoms with Crippen molar-refractivity contribution >= 4 is 21.8 Å². The fraction of sp³-hybridized carbons (Fsp3) is 0.385. The Hall–Kier alpha value is -3.21. The van der Waals surface area contributed by atoms with Gasteiger partial charge in [-0.15, -0.1) is 0 Å². The van der Waals surface area contributed by atoms with E-state index in [4.69, 9.17) is 14.2 Å². The number of alkyl halides is 4. The first-order valence-corrected chi connectivity index (χ1v) is 13.0. The first-order valence-electron chi connectivity index (χ1n) is 11.9. The predicted octanol–water partition coefficient (Wildman–Crippen LogP) is 5.85. The Morgan fingerprint density at radius 2 is 1.92 bits per heavy atom. The number of fused-ring (bicyclic) bond motifs is 2. The minimum Gasteiger partial charge on any atom is -0.497 e. The Labute approximate surface area is 220 Å². The number of rotatable bonds is 5. The van der Waals surface area contributed by atoms with Gasteiger partial charge in [0.25, 0.3) is 5.91 Å². The van der Waals surface area contributed by atoms with Gasteiger partial charge < -0.3 is 19.1 Å². The van der Waals surface area contributed by atoms with E-state index in [0.29, 0.717) is 35.4 Å². The molecule has 0 saturated heterocycles. The van der Waals surface area contributed by atoms with Crippen molar-refractivity contribution in [3.63, 3.8) is 0 Å². The molecule has 2 aromatic carbocycles. The molecule has 1 amide bonds. The molecule has 0 N–H and O–H groups in total. The molecule has 2 aliphatic rings. The van der Waals surface area contributed by atoms with Crippen molar-refractivity contribution in [1.82, 2.24) is 14.7 Å². The fourth-order valence-corrected chi connectivity index (χ4v) is 5.20. The minimum absolute atomic E-state index is 0.115. The zero-order valence-electron chi connectivity index (χ0n) is 20.3. The lowest BCUT2D eigenvalue weighted by atomic mass is 9.95. The van der Waals surface area contributed by atoms with E-state index in [1.165, 1.54) is 10.9 Å². The third-order valence-electron chi connectivity index (χ3n) is 6.62. The summed E-state index contributed by atoms with van der Waals surface area (Å²) in [5.74, 6) is 1.14. The van der Waals surface area contributed by atoms with Gasteiger partial charge in [0.2, 0.25) is 0 Å². The maximum atomic E-state index is 14.0. The number of methoxy groups -OCH3 is 1. The Morgan fingerprint density at radius 1 is 1.14 bits per heavy atom. The van der Waals surface area contributed by atoms with Gasteiger partial charge in [-0.1, -0.05) is 15.9 Å². The lowest BCUT2D eigenvalue weighted by Gasteiger charge is -2.35. The Kier molecular flexibility index (Phi) is 6.82. The molecule has 5 rings (SSSR count). The molecule has 3 aromatic rings. The van der Waals surface area contributed by atoms with E-state index < -0.39 is 11.9 Å². The highest BCUT2D eigenvalue weighted by Gasteiger charge is 2.40. The third-order valence-corrected chi connectivity index (χ3v) is 7.27. The van der Waals surface area contributed by atoms with E-state index >= 15 is 0 Å². The second-order valence-corrected chi connectivity index (χ2v) is 9.36. The zero-order chi connectivity index (χ0) is 26.3. The molecule has 11 heteroatoms. The number of nitrogens with zero attached hydrogens (tertiary/aromatic N) is 3. The van der Waals surface area contributed by atoms with Crippen molar-refractivity contribution in [2.24, 2.45) is 0 Å². The number of carbonyl (C=O) groups is 1. The maximum Gasteiger partial charge on any atom is 0.435 e. The summed E-state index contributed by atoms with van der Waals surface area (Å²) in [7, 11) is 1.57. The molecule has 0 bridgehead atoms. The number of halogens is 4. The van der Waals surface area contributed by atoms with E-state index in [9.17, 15) is 18.0 Å². The average molecular weight is 580 g/mol. The maximum absolute atomic E-state index is 14.0. The molecule has 1 atom stereocenters. The summed E-state index contributed by atoms with van der Waals surface area (Å²) in [6, 6.07) is 8.47. The lowest BCUT2D eigenvalue weighted by molar-refractivity contribution is -0.141. The summed E-state index contributed by atoms with van der Waals surface area (Å²) < 4.78 is 60.3. The number of benzene rings is 2. The molecule has 0 saturated carbocycles. The van der Waals surface area contributed by atoms with E-state index in [2.05, 4.69) is 21.0 Å². The summed E-state index contributed by atoms with van der Waals surface area (Å²) in [5, 5.41) is 4.10. The normalized spacial score (nSPS) is 17.4. The van der Waals surface area contributed by atoms with Crippen LogP contribution in [0.4, 0.5) is 13.2 Å². The van der Waals surface area contributed by atoms with Gasteiger partial charge in [-0.2, -0.15) is 18.3 Å². The van der Waals surface area contributed by atoms with Crippen LogP contribution < -0.4 is 14.2 Å². The number of hydrogen-bond acceptors (Lipinski definition) is 5. The van der Waals surface area contributed by atoms with Gasteiger partial charge in [0.05, 0.1) is 31.9 Å². The van der Waals surface area contributed by atoms with Crippen molar-refractivity contribution in [2.75, 3.05) is 26.9 Å². The van der Waals surface area contributed by atoms with Crippen LogP contribution in [0.25, 0.3) is 11.1 Å². The largest absolute Gasteiger partial charge is 0.497 e. The molecule has 0 fully saturated rings. The first-order chi connectivity index (χ1) is 17.7. The highest BCUT2D eigenvalue weighted by molar-refractivity contribution is 9.08. The molecule has 0 spiro atoms. The van der Waals surface area contributed by atoms with Gasteiger partial charge in [-0.25, -0.2) is 0 Å². The van der Waals surface area contributed by atoms with Crippen molar-refractivity contribution in [1.29, 1.82) is 0 Å². The predicted molar refractivity (Wildman–Crippen MR) is 133 cm³/mol. The van der Waals surface area contributed by atoms with Crippen molar-refractivity contribution in [3.05, 3.63) is 58.9 Å². The molecular weight excluding hydrogens is 555 g/mol. The number of carbonyl (C=O) groups excluding carboxylic acids is 1. The molecule has 1 unspecified atom stereocenters. The summed E-state index contributed by atoms with van der Waals surface area (Å²) >= 11 is 3.40. The number of ether oxygens (including phenoxy) is 3. The molecule has 3 heterocycles. The van der Waals surface area contributed by atoms with Crippen LogP contribution in [0.1, 0.15) is 46.6 Å². The number of aryl methyl sites for hydroxylation is 1. The molecule has 1 aromatic heterocycles. The standard InChI is InChI=1S/C26H25BrF3N3O4/c1-3-32-14-20(24(31-32)26(28,29)30)17-10-15(13-27)11-19-23(17)37-9-7-33(25(19)34)21-6-8-36-22-5-4-16(35-2)12-18(21)22/h4-5,10-12,14,21H,3,6-9,13H2,1-2H3. The first kappa shape index (κ1) is 25.4. The van der Waals surface area contributed by atoms with Crippen molar-refractivity contribution in [3.8, 4) is 28.4 Å². The molecule has 196 valence electrons. The van der Waals surface area contributed by atoms with Crippen LogP contribution in [0.2, 0.25) is 0 Å². The van der Waals surface area contributed by atoms with Crippen molar-refractivity contribution in [2.45, 2.75) is 37.4 Å². The lowest BCUT2D eigenvalue weighted by Crippen LogP contribution is -2.38. The van der Waals surface area contributed by atoms with Crippen LogP contribution in [0, 0.1) is 0 Å². The van der Waals surface area contributed by atoms with Crippen LogP contribution >= 0.6 is 15.9 Å². The fourth-order valence-electron chi connectivity index (χ4n) is 4.87. The van der Waals surface area contributed by atoms with Gasteiger partial charge in [0, 0.05) is 41.2 Å². The third kappa shape index (κ3) is 4.65. The van der Waals surface area contributed by atoms with Gasteiger partial charge in [0.1, 0.15) is 23.9 Å². The van der Waals surface area contributed by atoms with Gasteiger partial charge in [0.15, 0.2) is 5.69 Å². The minimum atomic E-state index is -4.67. The average Bonchev–Trinajstić information content (AvgIpc) is 3.28. The highest BCUT2D eigenvalue weighted by atomic mass is 79.9.